The highest BCUT2D eigenvalue weighted by molar-refractivity contribution is 6.04. The second kappa shape index (κ2) is 11.5. The van der Waals surface area contributed by atoms with Crippen LogP contribution in [0.25, 0.3) is 22.3 Å². The number of aliphatic imine (C=N–C) groups is 2. The molecule has 0 saturated carbocycles. The summed E-state index contributed by atoms with van der Waals surface area (Å²) < 4.78 is 33.4. The van der Waals surface area contributed by atoms with Gasteiger partial charge in [-0.2, -0.15) is 0 Å². The number of esters is 2. The van der Waals surface area contributed by atoms with Crippen LogP contribution in [0.3, 0.4) is 0 Å². The average molecular weight is 601 g/mol. The van der Waals surface area contributed by atoms with Crippen LogP contribution in [0.5, 0.6) is 0 Å². The Kier molecular flexibility index (Phi) is 7.87. The van der Waals surface area contributed by atoms with E-state index in [1.54, 1.807) is 27.7 Å². The van der Waals surface area contributed by atoms with Crippen molar-refractivity contribution in [1.82, 2.24) is 0 Å². The van der Waals surface area contributed by atoms with Crippen molar-refractivity contribution in [1.29, 1.82) is 0 Å². The number of nitrogens with zero attached hydrogens (tertiary/aromatic N) is 2. The number of ether oxygens (including phenoxy) is 6. The molecule has 10 heteroatoms. The fraction of sp³-hybridized carbons (Fsp3) is 0.412. The molecule has 0 aromatic heterocycles. The quantitative estimate of drug-likeness (QED) is 0.403. The SMILES string of the molecule is COC(=O)[C@@H]1OC(C)(C)O[C@H]1C1=NC=C(c2ccc(-c3ccc(C4=CN=C([C@@H]5OC(C)(C)O[C@H]5C(=O)OC)C4)cc3)cc2)C1. The standard InChI is InChI=1S/C34H36N2O8/c1-33(2)41-27(29(43-33)31(37)39-5)25-15-23(17-35-25)21-11-7-19(8-12-21)20-9-13-22(14-10-20)24-16-26(36-18-24)28-30(32(38)40-6)44-34(3,4)42-28/h7-14,17-18,27-30H,15-16H2,1-6H3/t27-,28-,29+,30+/m0/s1. The Morgan fingerprint density at radius 1 is 0.614 bits per heavy atom. The molecule has 0 amide bonds. The smallest absolute Gasteiger partial charge is 0.338 e. The number of carbonyl (C=O) groups is 2. The van der Waals surface area contributed by atoms with Gasteiger partial charge in [-0.1, -0.05) is 48.5 Å². The number of rotatable bonds is 7. The Bertz CT molecular complexity index is 1460. The molecule has 2 aromatic rings. The van der Waals surface area contributed by atoms with Crippen molar-refractivity contribution < 1.29 is 38.0 Å². The number of carbonyl (C=O) groups excluding carboxylic acids is 2. The van der Waals surface area contributed by atoms with E-state index < -0.39 is 47.9 Å². The molecule has 44 heavy (non-hydrogen) atoms. The first-order valence-electron chi connectivity index (χ1n) is 14.6. The summed E-state index contributed by atoms with van der Waals surface area (Å²) in [4.78, 5) is 33.7. The molecule has 0 spiro atoms. The van der Waals surface area contributed by atoms with Crippen LogP contribution >= 0.6 is 0 Å². The zero-order valence-electron chi connectivity index (χ0n) is 25.7. The molecule has 230 valence electrons. The zero-order chi connectivity index (χ0) is 31.2. The fourth-order valence-corrected chi connectivity index (χ4v) is 5.94. The van der Waals surface area contributed by atoms with E-state index >= 15 is 0 Å². The zero-order valence-corrected chi connectivity index (χ0v) is 25.7. The molecule has 6 rings (SSSR count). The molecule has 0 bridgehead atoms. The van der Waals surface area contributed by atoms with E-state index in [2.05, 4.69) is 58.5 Å². The minimum Gasteiger partial charge on any atom is -0.467 e. The fourth-order valence-electron chi connectivity index (χ4n) is 5.94. The molecule has 2 saturated heterocycles. The van der Waals surface area contributed by atoms with E-state index in [-0.39, 0.29) is 0 Å². The highest BCUT2D eigenvalue weighted by Crippen LogP contribution is 2.37. The predicted molar refractivity (Wildman–Crippen MR) is 164 cm³/mol. The number of hydrogen-bond acceptors (Lipinski definition) is 10. The second-order valence-electron chi connectivity index (χ2n) is 12.1. The average Bonchev–Trinajstić information content (AvgIpc) is 3.81. The lowest BCUT2D eigenvalue weighted by atomic mass is 9.95. The van der Waals surface area contributed by atoms with Gasteiger partial charge in [0.15, 0.2) is 23.8 Å². The molecular formula is C34H36N2O8. The van der Waals surface area contributed by atoms with Crippen LogP contribution in [0.15, 0.2) is 70.9 Å². The van der Waals surface area contributed by atoms with Crippen LogP contribution in [-0.4, -0.2) is 73.6 Å². The van der Waals surface area contributed by atoms with Crippen molar-refractivity contribution >= 4 is 34.5 Å². The summed E-state index contributed by atoms with van der Waals surface area (Å²) in [5, 5.41) is 0. The summed E-state index contributed by atoms with van der Waals surface area (Å²) in [6.45, 7) is 7.10. The first kappa shape index (κ1) is 30.1. The second-order valence-corrected chi connectivity index (χ2v) is 12.1. The summed E-state index contributed by atoms with van der Waals surface area (Å²) in [7, 11) is 2.68. The van der Waals surface area contributed by atoms with Gasteiger partial charge in [-0.15, -0.1) is 0 Å². The molecule has 4 heterocycles. The van der Waals surface area contributed by atoms with Gasteiger partial charge < -0.3 is 28.4 Å². The minimum atomic E-state index is -0.903. The molecule has 0 unspecified atom stereocenters. The van der Waals surface area contributed by atoms with Crippen LogP contribution in [0.4, 0.5) is 0 Å². The van der Waals surface area contributed by atoms with Gasteiger partial charge in [0.05, 0.1) is 25.6 Å². The maximum absolute atomic E-state index is 12.3. The van der Waals surface area contributed by atoms with Gasteiger partial charge in [0.1, 0.15) is 12.2 Å². The van der Waals surface area contributed by atoms with Crippen molar-refractivity contribution in [2.45, 2.75) is 76.5 Å². The van der Waals surface area contributed by atoms with Crippen LogP contribution in [-0.2, 0) is 38.0 Å². The van der Waals surface area contributed by atoms with Gasteiger partial charge in [0.2, 0.25) is 0 Å². The van der Waals surface area contributed by atoms with E-state index in [1.807, 2.05) is 12.4 Å². The van der Waals surface area contributed by atoms with Crippen molar-refractivity contribution in [2.24, 2.45) is 9.98 Å². The summed E-state index contributed by atoms with van der Waals surface area (Å²) in [5.74, 6) is -2.75. The molecule has 4 aliphatic rings. The van der Waals surface area contributed by atoms with Gasteiger partial charge in [-0.3, -0.25) is 9.98 Å². The molecule has 4 aliphatic heterocycles. The molecule has 10 nitrogen and oxygen atoms in total. The lowest BCUT2D eigenvalue weighted by Gasteiger charge is -2.17. The van der Waals surface area contributed by atoms with Gasteiger partial charge in [0.25, 0.3) is 0 Å². The summed E-state index contributed by atoms with van der Waals surface area (Å²) in [6.07, 6.45) is 1.87. The Balaban J connectivity index is 1.08. The Morgan fingerprint density at radius 2 is 0.955 bits per heavy atom. The maximum atomic E-state index is 12.3. The lowest BCUT2D eigenvalue weighted by molar-refractivity contribution is -0.167. The molecule has 4 atom stereocenters. The predicted octanol–water partition coefficient (Wildman–Crippen LogP) is 5.11. The van der Waals surface area contributed by atoms with Gasteiger partial charge in [0, 0.05) is 25.2 Å². The minimum absolute atomic E-state index is 0.474. The van der Waals surface area contributed by atoms with Crippen molar-refractivity contribution in [3.05, 3.63) is 72.1 Å². The first-order valence-corrected chi connectivity index (χ1v) is 14.6. The first-order chi connectivity index (χ1) is 21.0. The van der Waals surface area contributed by atoms with E-state index in [1.165, 1.54) is 14.2 Å². The molecule has 0 radical (unpaired) electrons. The molecular weight excluding hydrogens is 564 g/mol. The lowest BCUT2D eigenvalue weighted by Crippen LogP contribution is -2.37. The largest absolute Gasteiger partial charge is 0.467 e. The van der Waals surface area contributed by atoms with Gasteiger partial charge in [-0.05, 0) is 61.1 Å². The number of methoxy groups -OCH3 is 2. The Morgan fingerprint density at radius 3 is 1.30 bits per heavy atom. The summed E-state index contributed by atoms with van der Waals surface area (Å²) >= 11 is 0. The van der Waals surface area contributed by atoms with Crippen LogP contribution in [0, 0.1) is 0 Å². The Labute approximate surface area is 256 Å². The summed E-state index contributed by atoms with van der Waals surface area (Å²) in [5.41, 5.74) is 7.81. The van der Waals surface area contributed by atoms with E-state index in [0.717, 1.165) is 44.8 Å². The molecule has 0 N–H and O–H groups in total. The van der Waals surface area contributed by atoms with E-state index in [4.69, 9.17) is 28.4 Å². The summed E-state index contributed by atoms with van der Waals surface area (Å²) in [6, 6.07) is 16.6. The number of allylic oxidation sites excluding steroid dienone is 2. The highest BCUT2D eigenvalue weighted by Gasteiger charge is 2.50. The third-order valence-electron chi connectivity index (χ3n) is 8.08. The monoisotopic (exact) mass is 600 g/mol. The molecule has 0 aliphatic carbocycles. The van der Waals surface area contributed by atoms with Crippen molar-refractivity contribution in [3.8, 4) is 11.1 Å². The maximum Gasteiger partial charge on any atom is 0.338 e. The third-order valence-corrected chi connectivity index (χ3v) is 8.08. The molecule has 2 fully saturated rings. The number of hydrogen-bond donors (Lipinski definition) is 0. The van der Waals surface area contributed by atoms with Crippen LogP contribution in [0.2, 0.25) is 0 Å². The van der Waals surface area contributed by atoms with Gasteiger partial charge in [-0.25, -0.2) is 9.59 Å². The topological polar surface area (TPSA) is 114 Å². The van der Waals surface area contributed by atoms with Crippen molar-refractivity contribution in [2.75, 3.05) is 14.2 Å². The normalized spacial score (nSPS) is 27.0. The highest BCUT2D eigenvalue weighted by atomic mass is 16.8. The third kappa shape index (κ3) is 5.90. The van der Waals surface area contributed by atoms with E-state index in [0.29, 0.717) is 12.8 Å². The van der Waals surface area contributed by atoms with Gasteiger partial charge >= 0.3 is 11.9 Å². The van der Waals surface area contributed by atoms with Crippen LogP contribution in [0.1, 0.15) is 51.7 Å². The van der Waals surface area contributed by atoms with Crippen LogP contribution < -0.4 is 0 Å². The molecule has 2 aromatic carbocycles. The van der Waals surface area contributed by atoms with E-state index in [9.17, 15) is 9.59 Å². The number of benzene rings is 2. The Hall–Kier alpha value is -3.96. The van der Waals surface area contributed by atoms with Crippen molar-refractivity contribution in [3.63, 3.8) is 0 Å².